The van der Waals surface area contributed by atoms with Gasteiger partial charge in [0.25, 0.3) is 5.90 Å². The first-order chi connectivity index (χ1) is 17.6. The average molecular weight is 479 g/mol. The topological polar surface area (TPSA) is 82.1 Å². The van der Waals surface area contributed by atoms with Gasteiger partial charge in [0.1, 0.15) is 22.7 Å². The first kappa shape index (κ1) is 21.7. The predicted octanol–water partition coefficient (Wildman–Crippen LogP) is 5.53. The maximum atomic E-state index is 12.5. The molecule has 0 aliphatic carbocycles. The molecule has 0 bridgehead atoms. The number of furan rings is 1. The van der Waals surface area contributed by atoms with Crippen LogP contribution in [0.4, 0.5) is 0 Å². The number of amides is 1. The summed E-state index contributed by atoms with van der Waals surface area (Å²) in [5.41, 5.74) is 3.59. The van der Waals surface area contributed by atoms with Gasteiger partial charge in [-0.1, -0.05) is 36.4 Å². The molecule has 0 saturated heterocycles. The van der Waals surface area contributed by atoms with Crippen molar-refractivity contribution >= 4 is 22.8 Å². The van der Waals surface area contributed by atoms with Gasteiger partial charge in [-0.3, -0.25) is 4.79 Å². The smallest absolute Gasteiger partial charge is 0.260 e. The molecule has 0 radical (unpaired) electrons. The minimum atomic E-state index is -0.711. The van der Waals surface area contributed by atoms with Gasteiger partial charge in [0.05, 0.1) is 12.8 Å². The highest BCUT2D eigenvalue weighted by Crippen LogP contribution is 2.34. The van der Waals surface area contributed by atoms with E-state index >= 15 is 0 Å². The van der Waals surface area contributed by atoms with Gasteiger partial charge in [-0.05, 0) is 48.5 Å². The highest BCUT2D eigenvalue weighted by Gasteiger charge is 2.35. The molecule has 3 aromatic carbocycles. The first-order valence-corrected chi connectivity index (χ1v) is 11.4. The predicted molar refractivity (Wildman–Crippen MR) is 135 cm³/mol. The molecule has 0 fully saturated rings. The second-order valence-electron chi connectivity index (χ2n) is 8.32. The van der Waals surface area contributed by atoms with Gasteiger partial charge in [-0.2, -0.15) is 10.1 Å². The van der Waals surface area contributed by atoms with Crippen LogP contribution in [0.1, 0.15) is 24.4 Å². The summed E-state index contributed by atoms with van der Waals surface area (Å²) in [4.78, 5) is 12.5. The fourth-order valence-corrected chi connectivity index (χ4v) is 4.18. The fraction of sp³-hybridized carbons (Fsp3) is 0.107. The van der Waals surface area contributed by atoms with E-state index in [1.54, 1.807) is 11.8 Å². The number of hydrazone groups is 1. The van der Waals surface area contributed by atoms with Gasteiger partial charge in [-0.25, -0.2) is 4.68 Å². The van der Waals surface area contributed by atoms with Crippen LogP contribution in [-0.2, 0) is 9.53 Å². The molecule has 178 valence electrons. The van der Waals surface area contributed by atoms with E-state index in [0.29, 0.717) is 22.9 Å². The third-order valence-electron chi connectivity index (χ3n) is 5.97. The summed E-state index contributed by atoms with van der Waals surface area (Å²) in [6.07, 6.45) is -0.711. The van der Waals surface area contributed by atoms with E-state index in [0.717, 1.165) is 22.2 Å². The molecule has 8 nitrogen and oxygen atoms in total. The summed E-state index contributed by atoms with van der Waals surface area (Å²) in [7, 11) is 1.61. The second-order valence-corrected chi connectivity index (χ2v) is 8.32. The minimum Gasteiger partial charge on any atom is -0.497 e. The number of fused-ring (bicyclic) bond motifs is 1. The molecule has 3 heterocycles. The zero-order valence-corrected chi connectivity index (χ0v) is 19.7. The van der Waals surface area contributed by atoms with E-state index in [-0.39, 0.29) is 11.8 Å². The number of benzene rings is 3. The lowest BCUT2D eigenvalue weighted by atomic mass is 10.2. The molecular weight excluding hydrogens is 456 g/mol. The van der Waals surface area contributed by atoms with Crippen LogP contribution in [0.25, 0.3) is 28.1 Å². The molecule has 36 heavy (non-hydrogen) atoms. The monoisotopic (exact) mass is 478 g/mol. The lowest BCUT2D eigenvalue weighted by molar-refractivity contribution is -0.135. The Labute approximate surface area is 207 Å². The summed E-state index contributed by atoms with van der Waals surface area (Å²) >= 11 is 0. The molecule has 1 aliphatic rings. The Morgan fingerprint density at radius 3 is 2.42 bits per heavy atom. The van der Waals surface area contributed by atoms with Gasteiger partial charge in [0.15, 0.2) is 5.76 Å². The SMILES string of the molecule is COc1ccc(C2OC(c3cc(-c4cc5ccccc5o4)nn3-c3ccccc3)=NN2C(C)=O)cc1. The number of para-hydroxylation sites is 2. The Kier molecular flexibility index (Phi) is 5.26. The van der Waals surface area contributed by atoms with E-state index in [9.17, 15) is 4.79 Å². The van der Waals surface area contributed by atoms with Crippen molar-refractivity contribution in [2.45, 2.75) is 13.2 Å². The van der Waals surface area contributed by atoms with E-state index in [4.69, 9.17) is 19.0 Å². The molecule has 0 N–H and O–H groups in total. The largest absolute Gasteiger partial charge is 0.497 e. The van der Waals surface area contributed by atoms with E-state index in [2.05, 4.69) is 5.10 Å². The Morgan fingerprint density at radius 1 is 0.944 bits per heavy atom. The van der Waals surface area contributed by atoms with Crippen molar-refractivity contribution in [3.63, 3.8) is 0 Å². The number of methoxy groups -OCH3 is 1. The van der Waals surface area contributed by atoms with Crippen molar-refractivity contribution in [1.29, 1.82) is 0 Å². The van der Waals surface area contributed by atoms with Gasteiger partial charge in [0.2, 0.25) is 12.1 Å². The molecule has 0 saturated carbocycles. The zero-order chi connectivity index (χ0) is 24.6. The Balaban J connectivity index is 1.44. The lowest BCUT2D eigenvalue weighted by Gasteiger charge is -2.19. The highest BCUT2D eigenvalue weighted by molar-refractivity contribution is 5.96. The summed E-state index contributed by atoms with van der Waals surface area (Å²) in [6, 6.07) is 28.7. The molecule has 6 rings (SSSR count). The molecule has 1 unspecified atom stereocenters. The molecule has 1 amide bonds. The number of carbonyl (C=O) groups excluding carboxylic acids is 1. The molecule has 1 aliphatic heterocycles. The standard InChI is InChI=1S/C28H22N4O4/c1-18(33)31-28(19-12-14-22(34-2)15-13-19)36-27(30-31)24-17-23(29-32(24)21-9-4-3-5-10-21)26-16-20-8-6-7-11-25(20)35-26/h3-17,28H,1-2H3. The van der Waals surface area contributed by atoms with Crippen molar-refractivity contribution < 1.29 is 18.7 Å². The van der Waals surface area contributed by atoms with Crippen LogP contribution in [0.5, 0.6) is 5.75 Å². The molecule has 0 spiro atoms. The van der Waals surface area contributed by atoms with Gasteiger partial charge >= 0.3 is 0 Å². The van der Waals surface area contributed by atoms with E-state index in [1.807, 2.05) is 91.0 Å². The van der Waals surface area contributed by atoms with Crippen LogP contribution >= 0.6 is 0 Å². The second kappa shape index (κ2) is 8.74. The third kappa shape index (κ3) is 3.78. The van der Waals surface area contributed by atoms with Gasteiger partial charge in [-0.15, -0.1) is 5.10 Å². The highest BCUT2D eigenvalue weighted by atomic mass is 16.5. The molecule has 2 aromatic heterocycles. The number of ether oxygens (including phenoxy) is 2. The van der Waals surface area contributed by atoms with Crippen LogP contribution in [0.2, 0.25) is 0 Å². The first-order valence-electron chi connectivity index (χ1n) is 11.4. The van der Waals surface area contributed by atoms with Crippen LogP contribution in [-0.4, -0.2) is 33.7 Å². The van der Waals surface area contributed by atoms with Crippen molar-refractivity contribution in [3.05, 3.63) is 102 Å². The molecule has 5 aromatic rings. The van der Waals surface area contributed by atoms with Gasteiger partial charge < -0.3 is 13.9 Å². The number of nitrogens with zero attached hydrogens (tertiary/aromatic N) is 4. The third-order valence-corrected chi connectivity index (χ3v) is 5.97. The lowest BCUT2D eigenvalue weighted by Crippen LogP contribution is -2.25. The summed E-state index contributed by atoms with van der Waals surface area (Å²) in [5.74, 6) is 1.38. The Bertz CT molecular complexity index is 1550. The number of hydrogen-bond acceptors (Lipinski definition) is 6. The van der Waals surface area contributed by atoms with Crippen LogP contribution in [0.15, 0.2) is 101 Å². The molecule has 1 atom stereocenters. The summed E-state index contributed by atoms with van der Waals surface area (Å²) in [5, 5.41) is 11.7. The van der Waals surface area contributed by atoms with Crippen LogP contribution < -0.4 is 4.74 Å². The summed E-state index contributed by atoms with van der Waals surface area (Å²) < 4.78 is 19.3. The van der Waals surface area contributed by atoms with E-state index < -0.39 is 6.23 Å². The molecular formula is C28H22N4O4. The van der Waals surface area contributed by atoms with Crippen LogP contribution in [0, 0.1) is 0 Å². The normalized spacial score (nSPS) is 15.1. The van der Waals surface area contributed by atoms with Gasteiger partial charge in [0, 0.05) is 23.9 Å². The summed E-state index contributed by atoms with van der Waals surface area (Å²) in [6.45, 7) is 1.46. The van der Waals surface area contributed by atoms with Crippen molar-refractivity contribution in [2.75, 3.05) is 7.11 Å². The van der Waals surface area contributed by atoms with Crippen molar-refractivity contribution in [3.8, 4) is 22.9 Å². The number of aromatic nitrogens is 2. The fourth-order valence-electron chi connectivity index (χ4n) is 4.18. The Morgan fingerprint density at radius 2 is 1.69 bits per heavy atom. The zero-order valence-electron chi connectivity index (χ0n) is 19.7. The molecule has 8 heteroatoms. The van der Waals surface area contributed by atoms with Crippen LogP contribution in [0.3, 0.4) is 0 Å². The number of hydrogen-bond donors (Lipinski definition) is 0. The van der Waals surface area contributed by atoms with Crippen molar-refractivity contribution in [1.82, 2.24) is 14.8 Å². The number of rotatable bonds is 5. The maximum absolute atomic E-state index is 12.5. The van der Waals surface area contributed by atoms with Crippen molar-refractivity contribution in [2.24, 2.45) is 5.10 Å². The average Bonchev–Trinajstić information content (AvgIpc) is 3.65. The maximum Gasteiger partial charge on any atom is 0.260 e. The quantitative estimate of drug-likeness (QED) is 0.332. The minimum absolute atomic E-state index is 0.242. The van der Waals surface area contributed by atoms with E-state index in [1.165, 1.54) is 11.9 Å². The number of carbonyl (C=O) groups is 1. The Hall–Kier alpha value is -4.85.